The van der Waals surface area contributed by atoms with Crippen molar-refractivity contribution in [2.45, 2.75) is 206 Å². The fourth-order valence-corrected chi connectivity index (χ4v) is 6.06. The van der Waals surface area contributed by atoms with Crippen molar-refractivity contribution in [2.24, 2.45) is 0 Å². The highest BCUT2D eigenvalue weighted by Gasteiger charge is 2.03. The van der Waals surface area contributed by atoms with Crippen LogP contribution in [-0.2, 0) is 4.79 Å². The van der Waals surface area contributed by atoms with E-state index in [2.05, 4.69) is 13.8 Å². The smallest absolute Gasteiger partial charge is 0.188 e. The minimum atomic E-state index is 0.444. The van der Waals surface area contributed by atoms with Crippen LogP contribution in [0.5, 0.6) is 0 Å². The van der Waals surface area contributed by atoms with Gasteiger partial charge in [-0.2, -0.15) is 0 Å². The number of rotatable bonds is 31. The molecule has 0 amide bonds. The van der Waals surface area contributed by atoms with Gasteiger partial charge < -0.3 is 0 Å². The average molecular weight is 525 g/mol. The van der Waals surface area contributed by atoms with Crippen molar-refractivity contribution in [1.29, 1.82) is 0 Å². The maximum atomic E-state index is 12.1. The van der Waals surface area contributed by atoms with Crippen LogP contribution in [0.25, 0.3) is 0 Å². The first-order valence-electron chi connectivity index (χ1n) is 17.0. The highest BCUT2D eigenvalue weighted by Crippen LogP contribution is 2.17. The van der Waals surface area contributed by atoms with Crippen molar-refractivity contribution in [1.82, 2.24) is 0 Å². The van der Waals surface area contributed by atoms with E-state index in [1.807, 2.05) is 0 Å². The molecule has 216 valence electrons. The Morgan fingerprint density at radius 1 is 0.361 bits per heavy atom. The van der Waals surface area contributed by atoms with E-state index in [-0.39, 0.29) is 0 Å². The fourth-order valence-electron chi connectivity index (χ4n) is 5.20. The lowest BCUT2D eigenvalue weighted by molar-refractivity contribution is -0.111. The van der Waals surface area contributed by atoms with Crippen LogP contribution in [0.1, 0.15) is 206 Å². The van der Waals surface area contributed by atoms with Crippen LogP contribution in [0.15, 0.2) is 0 Å². The van der Waals surface area contributed by atoms with E-state index in [4.69, 9.17) is 0 Å². The number of carbonyl (C=O) groups excluding carboxylic acids is 1. The minimum absolute atomic E-state index is 0.444. The predicted octanol–water partition coefficient (Wildman–Crippen LogP) is 13.0. The molecule has 0 saturated carbocycles. The van der Waals surface area contributed by atoms with E-state index in [0.29, 0.717) is 5.12 Å². The van der Waals surface area contributed by atoms with Crippen LogP contribution < -0.4 is 0 Å². The molecule has 0 saturated heterocycles. The molecule has 0 aromatic heterocycles. The van der Waals surface area contributed by atoms with Gasteiger partial charge in [-0.3, -0.25) is 4.79 Å². The minimum Gasteiger partial charge on any atom is -0.287 e. The summed E-state index contributed by atoms with van der Waals surface area (Å²) in [6, 6.07) is 0. The number of hydrogen-bond donors (Lipinski definition) is 0. The second-order valence-corrected chi connectivity index (χ2v) is 12.7. The highest BCUT2D eigenvalue weighted by atomic mass is 32.2. The molecule has 0 rings (SSSR count). The lowest BCUT2D eigenvalue weighted by atomic mass is 10.0. The first-order valence-corrected chi connectivity index (χ1v) is 18.0. The molecule has 0 unspecified atom stereocenters. The Balaban J connectivity index is 3.13. The van der Waals surface area contributed by atoms with Crippen LogP contribution in [0.3, 0.4) is 0 Å². The van der Waals surface area contributed by atoms with Gasteiger partial charge in [0.15, 0.2) is 5.12 Å². The second kappa shape index (κ2) is 33.0. The summed E-state index contributed by atoms with van der Waals surface area (Å²) in [6.07, 6.45) is 41.2. The molecular formula is C34H68OS. The SMILES string of the molecule is CCCCCCCCCCCCCCCCCCSC(=O)CCCCCCCCCCCCCCC. The molecule has 0 spiro atoms. The first kappa shape index (κ1) is 36.0. The third-order valence-electron chi connectivity index (χ3n) is 7.75. The molecule has 0 aliphatic carbocycles. The molecule has 1 nitrogen and oxygen atoms in total. The molecular weight excluding hydrogens is 456 g/mol. The lowest BCUT2D eigenvalue weighted by Crippen LogP contribution is -1.94. The summed E-state index contributed by atoms with van der Waals surface area (Å²) in [6.45, 7) is 4.58. The van der Waals surface area contributed by atoms with Crippen LogP contribution in [0, 0.1) is 0 Å². The Hall–Kier alpha value is 0.0200. The van der Waals surface area contributed by atoms with Gasteiger partial charge in [0.2, 0.25) is 0 Å². The van der Waals surface area contributed by atoms with Gasteiger partial charge in [-0.05, 0) is 12.8 Å². The van der Waals surface area contributed by atoms with Gasteiger partial charge in [-0.25, -0.2) is 0 Å². The van der Waals surface area contributed by atoms with Crippen LogP contribution in [0.2, 0.25) is 0 Å². The Labute approximate surface area is 233 Å². The topological polar surface area (TPSA) is 17.1 Å². The number of carbonyl (C=O) groups is 1. The van der Waals surface area contributed by atoms with Crippen molar-refractivity contribution in [3.05, 3.63) is 0 Å². The Morgan fingerprint density at radius 2 is 0.611 bits per heavy atom. The van der Waals surface area contributed by atoms with E-state index in [9.17, 15) is 4.79 Å². The van der Waals surface area contributed by atoms with Crippen LogP contribution in [-0.4, -0.2) is 10.9 Å². The number of hydrogen-bond acceptors (Lipinski definition) is 2. The molecule has 0 aromatic rings. The molecule has 0 N–H and O–H groups in total. The Kier molecular flexibility index (Phi) is 33.1. The third-order valence-corrected chi connectivity index (χ3v) is 8.76. The van der Waals surface area contributed by atoms with Gasteiger partial charge in [0.05, 0.1) is 0 Å². The summed E-state index contributed by atoms with van der Waals surface area (Å²) in [5, 5.41) is 0.444. The molecule has 36 heavy (non-hydrogen) atoms. The van der Waals surface area contributed by atoms with E-state index < -0.39 is 0 Å². The van der Waals surface area contributed by atoms with E-state index in [1.54, 1.807) is 11.8 Å². The number of thioether (sulfide) groups is 1. The number of unbranched alkanes of at least 4 members (excludes halogenated alkanes) is 27. The van der Waals surface area contributed by atoms with Gasteiger partial charge in [0.1, 0.15) is 0 Å². The fraction of sp³-hybridized carbons (Fsp3) is 0.971. The predicted molar refractivity (Wildman–Crippen MR) is 167 cm³/mol. The van der Waals surface area contributed by atoms with E-state index >= 15 is 0 Å². The maximum absolute atomic E-state index is 12.1. The van der Waals surface area contributed by atoms with Gasteiger partial charge in [0, 0.05) is 12.2 Å². The highest BCUT2D eigenvalue weighted by molar-refractivity contribution is 8.13. The quantitative estimate of drug-likeness (QED) is 0.0838. The lowest BCUT2D eigenvalue weighted by Gasteiger charge is -2.04. The summed E-state index contributed by atoms with van der Waals surface area (Å²) in [5.74, 6) is 1.05. The zero-order valence-electron chi connectivity index (χ0n) is 25.2. The zero-order valence-corrected chi connectivity index (χ0v) is 26.1. The van der Waals surface area contributed by atoms with Crippen molar-refractivity contribution in [3.8, 4) is 0 Å². The summed E-state index contributed by atoms with van der Waals surface area (Å²) in [7, 11) is 0. The largest absolute Gasteiger partial charge is 0.287 e. The molecule has 0 fully saturated rings. The van der Waals surface area contributed by atoms with Crippen molar-refractivity contribution in [2.75, 3.05) is 5.75 Å². The van der Waals surface area contributed by atoms with Crippen molar-refractivity contribution < 1.29 is 4.79 Å². The van der Waals surface area contributed by atoms with Gasteiger partial charge >= 0.3 is 0 Å². The Morgan fingerprint density at radius 3 is 0.917 bits per heavy atom. The molecule has 0 aliphatic rings. The maximum Gasteiger partial charge on any atom is 0.188 e. The summed E-state index contributed by atoms with van der Waals surface area (Å²) >= 11 is 1.61. The molecule has 2 heteroatoms. The monoisotopic (exact) mass is 524 g/mol. The zero-order chi connectivity index (χ0) is 26.2. The summed E-state index contributed by atoms with van der Waals surface area (Å²) in [4.78, 5) is 12.1. The molecule has 0 aliphatic heterocycles. The van der Waals surface area contributed by atoms with Gasteiger partial charge in [0.25, 0.3) is 0 Å². The molecule has 0 bridgehead atoms. The Bertz CT molecular complexity index is 408. The summed E-state index contributed by atoms with van der Waals surface area (Å²) < 4.78 is 0. The van der Waals surface area contributed by atoms with Crippen LogP contribution in [0.4, 0.5) is 0 Å². The van der Waals surface area contributed by atoms with Gasteiger partial charge in [-0.1, -0.05) is 199 Å². The van der Waals surface area contributed by atoms with Crippen LogP contribution >= 0.6 is 11.8 Å². The van der Waals surface area contributed by atoms with E-state index in [0.717, 1.165) is 18.6 Å². The molecule has 0 radical (unpaired) electrons. The summed E-state index contributed by atoms with van der Waals surface area (Å²) in [5.41, 5.74) is 0. The normalized spacial score (nSPS) is 11.4. The first-order chi connectivity index (χ1) is 17.8. The van der Waals surface area contributed by atoms with Gasteiger partial charge in [-0.15, -0.1) is 0 Å². The molecule has 0 heterocycles. The molecule has 0 aromatic carbocycles. The molecule has 0 atom stereocenters. The average Bonchev–Trinajstić information content (AvgIpc) is 2.88. The van der Waals surface area contributed by atoms with Crippen molar-refractivity contribution in [3.63, 3.8) is 0 Å². The second-order valence-electron chi connectivity index (χ2n) is 11.5. The van der Waals surface area contributed by atoms with E-state index in [1.165, 1.54) is 180 Å². The third kappa shape index (κ3) is 32.0. The standard InChI is InChI=1S/C34H68OS/c1-3-5-7-9-11-13-15-17-18-19-21-23-25-27-29-31-33-36-34(35)32-30-28-26-24-22-20-16-14-12-10-8-6-4-2/h3-33H2,1-2H3. The van der Waals surface area contributed by atoms with Crippen molar-refractivity contribution >= 4 is 16.9 Å².